The van der Waals surface area contributed by atoms with E-state index in [0.29, 0.717) is 0 Å². The molecule has 0 atom stereocenters. The Labute approximate surface area is 150 Å². The van der Waals surface area contributed by atoms with Crippen LogP contribution in [0.4, 0.5) is 23.7 Å². The number of methoxy groups -OCH3 is 1. The highest BCUT2D eigenvalue weighted by Crippen LogP contribution is 2.30. The fraction of sp³-hybridized carbons (Fsp3) is 0.529. The number of rotatable bonds is 6. The molecule has 0 spiro atoms. The summed E-state index contributed by atoms with van der Waals surface area (Å²) in [5.74, 6) is -0.647. The number of alkyl halides is 3. The maximum absolute atomic E-state index is 12.7. The molecule has 0 saturated heterocycles. The Morgan fingerprint density at radius 3 is 2.38 bits per heavy atom. The molecule has 0 aromatic heterocycles. The maximum atomic E-state index is 12.7. The van der Waals surface area contributed by atoms with Crippen LogP contribution >= 0.6 is 0 Å². The number of carbonyl (C=O) groups is 2. The van der Waals surface area contributed by atoms with Gasteiger partial charge in [0, 0.05) is 19.3 Å². The van der Waals surface area contributed by atoms with Gasteiger partial charge in [0.05, 0.1) is 12.2 Å². The van der Waals surface area contributed by atoms with E-state index in [-0.39, 0.29) is 25.4 Å². The minimum atomic E-state index is -4.51. The second kappa shape index (κ2) is 8.88. The second-order valence-corrected chi connectivity index (χ2v) is 6.52. The first-order valence-electron chi connectivity index (χ1n) is 7.86. The van der Waals surface area contributed by atoms with Crippen molar-refractivity contribution in [3.63, 3.8) is 0 Å². The fourth-order valence-electron chi connectivity index (χ4n) is 1.91. The normalized spacial score (nSPS) is 11.8. The van der Waals surface area contributed by atoms with Gasteiger partial charge in [-0.2, -0.15) is 13.2 Å². The molecular formula is C17H23F3N2O4. The van der Waals surface area contributed by atoms with E-state index in [4.69, 9.17) is 9.47 Å². The summed E-state index contributed by atoms with van der Waals surface area (Å²) in [4.78, 5) is 25.4. The molecule has 0 heterocycles. The number of nitrogens with zero attached hydrogens (tertiary/aromatic N) is 1. The monoisotopic (exact) mass is 376 g/mol. The van der Waals surface area contributed by atoms with Gasteiger partial charge in [0.25, 0.3) is 0 Å². The lowest BCUT2D eigenvalue weighted by atomic mass is 10.2. The molecule has 0 unspecified atom stereocenters. The van der Waals surface area contributed by atoms with E-state index in [1.807, 2.05) is 0 Å². The molecule has 0 aliphatic rings. The number of ether oxygens (including phenoxy) is 2. The van der Waals surface area contributed by atoms with Gasteiger partial charge in [0.2, 0.25) is 5.91 Å². The van der Waals surface area contributed by atoms with E-state index in [9.17, 15) is 22.8 Å². The number of halogens is 3. The summed E-state index contributed by atoms with van der Waals surface area (Å²) in [6, 6.07) is 4.25. The molecule has 9 heteroatoms. The molecule has 1 aromatic carbocycles. The van der Waals surface area contributed by atoms with Crippen molar-refractivity contribution >= 4 is 17.7 Å². The van der Waals surface area contributed by atoms with Crippen molar-refractivity contribution < 1.29 is 32.2 Å². The second-order valence-electron chi connectivity index (χ2n) is 6.52. The van der Waals surface area contributed by atoms with Crippen LogP contribution in [0.5, 0.6) is 0 Å². The van der Waals surface area contributed by atoms with Gasteiger partial charge in [0.1, 0.15) is 12.1 Å². The van der Waals surface area contributed by atoms with Crippen molar-refractivity contribution in [1.82, 2.24) is 4.90 Å². The molecular weight excluding hydrogens is 353 g/mol. The van der Waals surface area contributed by atoms with Crippen LogP contribution in [-0.2, 0) is 20.4 Å². The van der Waals surface area contributed by atoms with Crippen LogP contribution in [0.15, 0.2) is 24.3 Å². The Morgan fingerprint density at radius 1 is 1.19 bits per heavy atom. The van der Waals surface area contributed by atoms with Crippen molar-refractivity contribution in [2.45, 2.75) is 32.5 Å². The highest BCUT2D eigenvalue weighted by Gasteiger charge is 2.30. The summed E-state index contributed by atoms with van der Waals surface area (Å²) in [6.45, 7) is 4.94. The van der Waals surface area contributed by atoms with Crippen molar-refractivity contribution in [2.75, 3.05) is 32.1 Å². The lowest BCUT2D eigenvalue weighted by Gasteiger charge is -2.26. The molecule has 0 radical (unpaired) electrons. The molecule has 0 aliphatic carbocycles. The lowest BCUT2D eigenvalue weighted by Crippen LogP contribution is -2.42. The SMILES string of the molecule is COCCN(CC(=O)Nc1cccc(C(F)(F)F)c1)C(=O)OC(C)(C)C. The van der Waals surface area contributed by atoms with Gasteiger partial charge in [-0.25, -0.2) is 4.79 Å². The Bertz CT molecular complexity index is 627. The van der Waals surface area contributed by atoms with Crippen LogP contribution in [-0.4, -0.2) is 49.3 Å². The standard InChI is InChI=1S/C17H23F3N2O4/c1-16(2,3)26-15(24)22(8-9-25-4)11-14(23)21-13-7-5-6-12(10-13)17(18,19)20/h5-7,10H,8-9,11H2,1-4H3,(H,21,23). The zero-order valence-corrected chi connectivity index (χ0v) is 15.1. The van der Waals surface area contributed by atoms with Gasteiger partial charge in [-0.05, 0) is 39.0 Å². The average Bonchev–Trinajstić information content (AvgIpc) is 2.49. The van der Waals surface area contributed by atoms with Crippen LogP contribution in [0.1, 0.15) is 26.3 Å². The molecule has 1 aromatic rings. The highest BCUT2D eigenvalue weighted by atomic mass is 19.4. The Kier molecular flexibility index (Phi) is 7.43. The zero-order valence-electron chi connectivity index (χ0n) is 15.1. The number of anilines is 1. The number of hydrogen-bond donors (Lipinski definition) is 1. The van der Waals surface area contributed by atoms with Crippen LogP contribution in [0.2, 0.25) is 0 Å². The molecule has 6 nitrogen and oxygen atoms in total. The lowest BCUT2D eigenvalue weighted by molar-refractivity contribution is -0.137. The third kappa shape index (κ3) is 7.73. The van der Waals surface area contributed by atoms with Crippen molar-refractivity contribution in [1.29, 1.82) is 0 Å². The highest BCUT2D eigenvalue weighted by molar-refractivity contribution is 5.94. The summed E-state index contributed by atoms with van der Waals surface area (Å²) in [5.41, 5.74) is -1.64. The van der Waals surface area contributed by atoms with Crippen LogP contribution in [0, 0.1) is 0 Å². The van der Waals surface area contributed by atoms with E-state index < -0.39 is 29.3 Å². The van der Waals surface area contributed by atoms with Crippen LogP contribution in [0.3, 0.4) is 0 Å². The molecule has 1 rings (SSSR count). The molecule has 146 valence electrons. The van der Waals surface area contributed by atoms with Gasteiger partial charge >= 0.3 is 12.3 Å². The van der Waals surface area contributed by atoms with E-state index in [2.05, 4.69) is 5.32 Å². The first-order valence-corrected chi connectivity index (χ1v) is 7.86. The van der Waals surface area contributed by atoms with Crippen molar-refractivity contribution in [2.24, 2.45) is 0 Å². The number of benzene rings is 1. The minimum Gasteiger partial charge on any atom is -0.444 e. The maximum Gasteiger partial charge on any atom is 0.416 e. The third-order valence-corrected chi connectivity index (χ3v) is 3.03. The van der Waals surface area contributed by atoms with Crippen molar-refractivity contribution in [3.8, 4) is 0 Å². The van der Waals surface area contributed by atoms with E-state index in [1.165, 1.54) is 19.2 Å². The minimum absolute atomic E-state index is 0.0132. The summed E-state index contributed by atoms with van der Waals surface area (Å²) in [5, 5.41) is 2.35. The predicted molar refractivity (Wildman–Crippen MR) is 89.8 cm³/mol. The van der Waals surface area contributed by atoms with Gasteiger partial charge in [-0.15, -0.1) is 0 Å². The summed E-state index contributed by atoms with van der Waals surface area (Å²) < 4.78 is 48.3. The Hall–Kier alpha value is -2.29. The molecule has 0 fully saturated rings. The molecule has 0 bridgehead atoms. The quantitative estimate of drug-likeness (QED) is 0.825. The van der Waals surface area contributed by atoms with Gasteiger partial charge in [-0.1, -0.05) is 6.07 Å². The zero-order chi connectivity index (χ0) is 20.0. The summed E-state index contributed by atoms with van der Waals surface area (Å²) in [7, 11) is 1.44. The Morgan fingerprint density at radius 2 is 1.85 bits per heavy atom. The van der Waals surface area contributed by atoms with E-state index in [0.717, 1.165) is 17.0 Å². The molecule has 0 saturated carbocycles. The van der Waals surface area contributed by atoms with Crippen molar-refractivity contribution in [3.05, 3.63) is 29.8 Å². The average molecular weight is 376 g/mol. The summed E-state index contributed by atoms with van der Waals surface area (Å²) >= 11 is 0. The van der Waals surface area contributed by atoms with Crippen LogP contribution in [0.25, 0.3) is 0 Å². The molecule has 2 amide bonds. The number of carbonyl (C=O) groups excluding carboxylic acids is 2. The van der Waals surface area contributed by atoms with Gasteiger partial charge < -0.3 is 14.8 Å². The number of nitrogens with one attached hydrogen (secondary N) is 1. The van der Waals surface area contributed by atoms with Crippen LogP contribution < -0.4 is 5.32 Å². The third-order valence-electron chi connectivity index (χ3n) is 3.03. The Balaban J connectivity index is 2.79. The van der Waals surface area contributed by atoms with Gasteiger partial charge in [0.15, 0.2) is 0 Å². The largest absolute Gasteiger partial charge is 0.444 e. The molecule has 1 N–H and O–H groups in total. The number of hydrogen-bond acceptors (Lipinski definition) is 4. The summed E-state index contributed by atoms with van der Waals surface area (Å²) in [6.07, 6.45) is -5.23. The van der Waals surface area contributed by atoms with E-state index in [1.54, 1.807) is 20.8 Å². The van der Waals surface area contributed by atoms with Gasteiger partial charge in [-0.3, -0.25) is 9.69 Å². The molecule has 26 heavy (non-hydrogen) atoms. The fourth-order valence-corrected chi connectivity index (χ4v) is 1.91. The number of amides is 2. The van der Waals surface area contributed by atoms with E-state index >= 15 is 0 Å². The first-order chi connectivity index (χ1) is 11.9. The smallest absolute Gasteiger partial charge is 0.416 e. The predicted octanol–water partition coefficient (Wildman–Crippen LogP) is 3.53. The first kappa shape index (κ1) is 21.8. The molecule has 0 aliphatic heterocycles. The topological polar surface area (TPSA) is 67.9 Å².